The SMILES string of the molecule is CC1CN(C(=O)O)CCN(C(=O)O)CCN(C(=O)O)CCO1. The van der Waals surface area contributed by atoms with Gasteiger partial charge in [0.15, 0.2) is 0 Å². The lowest BCUT2D eigenvalue weighted by Crippen LogP contribution is -2.47. The number of ether oxygens (including phenoxy) is 1. The van der Waals surface area contributed by atoms with Gasteiger partial charge >= 0.3 is 18.3 Å². The van der Waals surface area contributed by atoms with Crippen LogP contribution >= 0.6 is 0 Å². The number of nitrogens with zero attached hydrogens (tertiary/aromatic N) is 3. The van der Waals surface area contributed by atoms with Crippen LogP contribution in [0.1, 0.15) is 6.92 Å². The van der Waals surface area contributed by atoms with Crippen molar-refractivity contribution in [1.29, 1.82) is 0 Å². The molecule has 1 rings (SSSR count). The summed E-state index contributed by atoms with van der Waals surface area (Å²) in [4.78, 5) is 36.6. The number of hydrogen-bond acceptors (Lipinski definition) is 4. The molecule has 3 N–H and O–H groups in total. The Morgan fingerprint density at radius 1 is 0.818 bits per heavy atom. The van der Waals surface area contributed by atoms with Crippen molar-refractivity contribution in [2.24, 2.45) is 0 Å². The summed E-state index contributed by atoms with van der Waals surface area (Å²) < 4.78 is 5.41. The van der Waals surface area contributed by atoms with Crippen molar-refractivity contribution in [3.8, 4) is 0 Å². The van der Waals surface area contributed by atoms with E-state index in [0.29, 0.717) is 0 Å². The fourth-order valence-corrected chi connectivity index (χ4v) is 2.08. The van der Waals surface area contributed by atoms with Crippen LogP contribution in [-0.4, -0.2) is 100 Å². The third kappa shape index (κ3) is 5.64. The zero-order valence-corrected chi connectivity index (χ0v) is 12.3. The van der Waals surface area contributed by atoms with Gasteiger partial charge in [0, 0.05) is 39.3 Å². The topological polar surface area (TPSA) is 131 Å². The molecule has 10 heteroatoms. The monoisotopic (exact) mass is 319 g/mol. The molecule has 1 heterocycles. The standard InChI is InChI=1S/C12H21N3O7/c1-9-8-15(12(20)21)5-4-13(10(16)17)2-3-14(11(18)19)6-7-22-9/h9H,2-8H2,1H3,(H,16,17)(H,18,19)(H,20,21). The zero-order chi connectivity index (χ0) is 16.7. The van der Waals surface area contributed by atoms with Crippen LogP contribution in [0.25, 0.3) is 0 Å². The van der Waals surface area contributed by atoms with Crippen LogP contribution in [-0.2, 0) is 4.74 Å². The van der Waals surface area contributed by atoms with Crippen LogP contribution in [0, 0.1) is 0 Å². The van der Waals surface area contributed by atoms with Gasteiger partial charge in [-0.2, -0.15) is 0 Å². The Kier molecular flexibility index (Phi) is 6.70. The summed E-state index contributed by atoms with van der Waals surface area (Å²) >= 11 is 0. The van der Waals surface area contributed by atoms with Gasteiger partial charge in [0.05, 0.1) is 12.7 Å². The molecule has 1 fully saturated rings. The molecule has 0 aromatic carbocycles. The minimum absolute atomic E-state index is 0.00239. The Bertz CT molecular complexity index is 418. The van der Waals surface area contributed by atoms with Crippen LogP contribution in [0.4, 0.5) is 14.4 Å². The molecule has 126 valence electrons. The normalized spacial score (nSPS) is 21.7. The van der Waals surface area contributed by atoms with Crippen LogP contribution in [0.5, 0.6) is 0 Å². The lowest BCUT2D eigenvalue weighted by molar-refractivity contribution is 0.0206. The molecular formula is C12H21N3O7. The van der Waals surface area contributed by atoms with Crippen molar-refractivity contribution >= 4 is 18.3 Å². The van der Waals surface area contributed by atoms with Gasteiger partial charge in [0.2, 0.25) is 0 Å². The maximum atomic E-state index is 11.2. The van der Waals surface area contributed by atoms with Crippen molar-refractivity contribution in [3.05, 3.63) is 0 Å². The summed E-state index contributed by atoms with van der Waals surface area (Å²) in [5.41, 5.74) is 0. The second-order valence-corrected chi connectivity index (χ2v) is 4.95. The van der Waals surface area contributed by atoms with E-state index >= 15 is 0 Å². The highest BCUT2D eigenvalue weighted by Crippen LogP contribution is 2.03. The molecule has 0 aromatic heterocycles. The number of rotatable bonds is 0. The summed E-state index contributed by atoms with van der Waals surface area (Å²) in [6, 6.07) is 0. The number of carbonyl (C=O) groups is 3. The van der Waals surface area contributed by atoms with Gasteiger partial charge in [-0.15, -0.1) is 0 Å². The highest BCUT2D eigenvalue weighted by molar-refractivity contribution is 5.67. The highest BCUT2D eigenvalue weighted by Gasteiger charge is 2.22. The van der Waals surface area contributed by atoms with Crippen LogP contribution < -0.4 is 0 Å². The summed E-state index contributed by atoms with van der Waals surface area (Å²) in [7, 11) is 0. The van der Waals surface area contributed by atoms with Gasteiger partial charge < -0.3 is 34.8 Å². The van der Waals surface area contributed by atoms with E-state index < -0.39 is 24.4 Å². The van der Waals surface area contributed by atoms with E-state index in [4.69, 9.17) is 20.1 Å². The van der Waals surface area contributed by atoms with Crippen LogP contribution in [0.3, 0.4) is 0 Å². The van der Waals surface area contributed by atoms with Gasteiger partial charge in [-0.1, -0.05) is 0 Å². The summed E-state index contributed by atoms with van der Waals surface area (Å²) in [5.74, 6) is 0. The fourth-order valence-electron chi connectivity index (χ4n) is 2.08. The maximum Gasteiger partial charge on any atom is 0.407 e. The minimum Gasteiger partial charge on any atom is -0.465 e. The molecule has 0 aromatic rings. The Hall–Kier alpha value is -2.23. The molecule has 3 amide bonds. The van der Waals surface area contributed by atoms with E-state index in [9.17, 15) is 14.4 Å². The predicted molar refractivity (Wildman–Crippen MR) is 74.2 cm³/mol. The van der Waals surface area contributed by atoms with E-state index in [1.807, 2.05) is 0 Å². The van der Waals surface area contributed by atoms with Gasteiger partial charge in [-0.3, -0.25) is 0 Å². The van der Waals surface area contributed by atoms with E-state index in [1.165, 1.54) is 0 Å². The first kappa shape index (κ1) is 17.8. The molecule has 1 atom stereocenters. The molecule has 0 aliphatic carbocycles. The van der Waals surface area contributed by atoms with Gasteiger partial charge in [-0.05, 0) is 6.92 Å². The molecule has 10 nitrogen and oxygen atoms in total. The second kappa shape index (κ2) is 8.27. The van der Waals surface area contributed by atoms with Gasteiger partial charge in [0.1, 0.15) is 0 Å². The highest BCUT2D eigenvalue weighted by atomic mass is 16.5. The first-order valence-corrected chi connectivity index (χ1v) is 6.86. The molecular weight excluding hydrogens is 298 g/mol. The average molecular weight is 319 g/mol. The van der Waals surface area contributed by atoms with E-state index in [0.717, 1.165) is 14.7 Å². The van der Waals surface area contributed by atoms with Crippen molar-refractivity contribution < 1.29 is 34.4 Å². The largest absolute Gasteiger partial charge is 0.465 e. The number of carboxylic acid groups (broad SMARTS) is 3. The van der Waals surface area contributed by atoms with E-state index in [-0.39, 0.29) is 45.9 Å². The summed E-state index contributed by atoms with van der Waals surface area (Å²) in [5, 5.41) is 27.3. The van der Waals surface area contributed by atoms with Crippen molar-refractivity contribution in [1.82, 2.24) is 14.7 Å². The van der Waals surface area contributed by atoms with Gasteiger partial charge in [-0.25, -0.2) is 14.4 Å². The molecule has 1 unspecified atom stereocenters. The Labute approximate surface area is 127 Å². The van der Waals surface area contributed by atoms with Crippen molar-refractivity contribution in [2.75, 3.05) is 45.9 Å². The zero-order valence-electron chi connectivity index (χ0n) is 12.3. The Morgan fingerprint density at radius 3 is 1.68 bits per heavy atom. The first-order chi connectivity index (χ1) is 10.3. The smallest absolute Gasteiger partial charge is 0.407 e. The molecule has 0 saturated carbocycles. The van der Waals surface area contributed by atoms with Crippen molar-refractivity contribution in [3.63, 3.8) is 0 Å². The molecule has 22 heavy (non-hydrogen) atoms. The lowest BCUT2D eigenvalue weighted by Gasteiger charge is -2.30. The predicted octanol–water partition coefficient (Wildman–Crippen LogP) is 0.345. The average Bonchev–Trinajstić information content (AvgIpc) is 2.40. The van der Waals surface area contributed by atoms with Crippen LogP contribution in [0.15, 0.2) is 0 Å². The number of amides is 3. The Balaban J connectivity index is 2.80. The van der Waals surface area contributed by atoms with Crippen molar-refractivity contribution in [2.45, 2.75) is 13.0 Å². The van der Waals surface area contributed by atoms with E-state index in [1.54, 1.807) is 6.92 Å². The summed E-state index contributed by atoms with van der Waals surface area (Å²) in [6.07, 6.45) is -3.92. The van der Waals surface area contributed by atoms with Gasteiger partial charge in [0.25, 0.3) is 0 Å². The lowest BCUT2D eigenvalue weighted by atomic mass is 10.3. The molecule has 1 aliphatic heterocycles. The molecule has 0 spiro atoms. The first-order valence-electron chi connectivity index (χ1n) is 6.86. The maximum absolute atomic E-state index is 11.2. The van der Waals surface area contributed by atoms with E-state index in [2.05, 4.69) is 0 Å². The molecule has 0 radical (unpaired) electrons. The second-order valence-electron chi connectivity index (χ2n) is 4.95. The summed E-state index contributed by atoms with van der Waals surface area (Å²) in [6.45, 7) is 1.95. The fraction of sp³-hybridized carbons (Fsp3) is 0.750. The molecule has 1 saturated heterocycles. The quantitative estimate of drug-likeness (QED) is 0.587. The minimum atomic E-state index is -1.21. The molecule has 1 aliphatic rings. The Morgan fingerprint density at radius 2 is 1.23 bits per heavy atom. The van der Waals surface area contributed by atoms with Crippen LogP contribution in [0.2, 0.25) is 0 Å². The number of hydrogen-bond donors (Lipinski definition) is 3. The molecule has 0 bridgehead atoms. The third-order valence-corrected chi connectivity index (χ3v) is 3.33. The third-order valence-electron chi connectivity index (χ3n) is 3.33.